The van der Waals surface area contributed by atoms with E-state index in [1.54, 1.807) is 12.0 Å². The first kappa shape index (κ1) is 6.94. The summed E-state index contributed by atoms with van der Waals surface area (Å²) >= 11 is 0. The van der Waals surface area contributed by atoms with Gasteiger partial charge in [0, 0.05) is 0 Å². The van der Waals surface area contributed by atoms with Gasteiger partial charge in [0.2, 0.25) is 0 Å². The van der Waals surface area contributed by atoms with Crippen LogP contribution in [0.1, 0.15) is 32.1 Å². The summed E-state index contributed by atoms with van der Waals surface area (Å²) < 4.78 is 0. The zero-order chi connectivity index (χ0) is 7.97. The highest BCUT2D eigenvalue weighted by Gasteiger charge is 2.40. The van der Waals surface area contributed by atoms with Crippen LogP contribution in [-0.2, 0) is 0 Å². The highest BCUT2D eigenvalue weighted by molar-refractivity contribution is 5.27. The fourth-order valence-electron chi connectivity index (χ4n) is 3.44. The molecule has 3 atom stereocenters. The Hall–Kier alpha value is -0.520. The molecule has 3 aliphatic rings. The van der Waals surface area contributed by atoms with Crippen LogP contribution in [-0.4, -0.2) is 0 Å². The number of hydrogen-bond donors (Lipinski definition) is 0. The second-order valence-electron chi connectivity index (χ2n) is 4.66. The molecule has 0 nitrogen and oxygen atoms in total. The van der Waals surface area contributed by atoms with Crippen molar-refractivity contribution in [3.8, 4) is 0 Å². The third-order valence-electron chi connectivity index (χ3n) is 4.01. The molecule has 0 aromatic carbocycles. The van der Waals surface area contributed by atoms with Crippen LogP contribution in [0.3, 0.4) is 0 Å². The minimum Gasteiger partial charge on any atom is -0.0805 e. The lowest BCUT2D eigenvalue weighted by Gasteiger charge is -2.22. The molecular formula is C12H16. The van der Waals surface area contributed by atoms with Gasteiger partial charge in [-0.3, -0.25) is 0 Å². The normalized spacial score (nSPS) is 44.0. The van der Waals surface area contributed by atoms with E-state index in [1.165, 1.54) is 25.7 Å². The second kappa shape index (κ2) is 2.48. The van der Waals surface area contributed by atoms with E-state index < -0.39 is 0 Å². The van der Waals surface area contributed by atoms with Crippen LogP contribution in [0.4, 0.5) is 0 Å². The average Bonchev–Trinajstić information content (AvgIpc) is 2.81. The number of allylic oxidation sites excluding steroid dienone is 4. The van der Waals surface area contributed by atoms with Crippen LogP contribution in [0, 0.1) is 17.8 Å². The lowest BCUT2D eigenvalue weighted by molar-refractivity contribution is 0.375. The van der Waals surface area contributed by atoms with Crippen LogP contribution >= 0.6 is 0 Å². The van der Waals surface area contributed by atoms with Gasteiger partial charge in [-0.2, -0.15) is 0 Å². The first-order chi connectivity index (χ1) is 5.93. The summed E-state index contributed by atoms with van der Waals surface area (Å²) in [4.78, 5) is 0. The topological polar surface area (TPSA) is 0 Å². The largest absolute Gasteiger partial charge is 0.0805 e. The van der Waals surface area contributed by atoms with Gasteiger partial charge < -0.3 is 0 Å². The second-order valence-corrected chi connectivity index (χ2v) is 4.66. The Morgan fingerprint density at radius 2 is 2.17 bits per heavy atom. The molecule has 2 bridgehead atoms. The first-order valence-corrected chi connectivity index (χ1v) is 5.29. The van der Waals surface area contributed by atoms with Crippen molar-refractivity contribution in [1.29, 1.82) is 0 Å². The van der Waals surface area contributed by atoms with Crippen molar-refractivity contribution in [2.24, 2.45) is 17.8 Å². The summed E-state index contributed by atoms with van der Waals surface area (Å²) in [5.41, 5.74) is 1.74. The van der Waals surface area contributed by atoms with Crippen molar-refractivity contribution in [2.75, 3.05) is 0 Å². The molecule has 2 saturated carbocycles. The Morgan fingerprint density at radius 3 is 2.75 bits per heavy atom. The quantitative estimate of drug-likeness (QED) is 0.552. The highest BCUT2D eigenvalue weighted by atomic mass is 14.5. The molecule has 0 aromatic rings. The SMILES string of the molecule is C1=CCC(C2CC3CCC2C3)=C1. The van der Waals surface area contributed by atoms with Gasteiger partial charge in [-0.1, -0.05) is 30.2 Å². The molecule has 0 amide bonds. The summed E-state index contributed by atoms with van der Waals surface area (Å²) in [7, 11) is 0. The molecule has 3 aliphatic carbocycles. The van der Waals surface area contributed by atoms with Gasteiger partial charge in [0.15, 0.2) is 0 Å². The molecule has 3 rings (SSSR count). The van der Waals surface area contributed by atoms with Crippen LogP contribution in [0.25, 0.3) is 0 Å². The van der Waals surface area contributed by atoms with Crippen molar-refractivity contribution in [1.82, 2.24) is 0 Å². The van der Waals surface area contributed by atoms with Gasteiger partial charge in [-0.15, -0.1) is 0 Å². The number of hydrogen-bond acceptors (Lipinski definition) is 0. The van der Waals surface area contributed by atoms with Crippen molar-refractivity contribution >= 4 is 0 Å². The van der Waals surface area contributed by atoms with Crippen molar-refractivity contribution in [2.45, 2.75) is 32.1 Å². The standard InChI is InChI=1S/C12H16/c1-2-4-10(3-1)12-8-9-5-6-11(12)7-9/h1-3,9,11-12H,4-8H2. The number of fused-ring (bicyclic) bond motifs is 2. The average molecular weight is 160 g/mol. The van der Waals surface area contributed by atoms with E-state index in [0.717, 1.165) is 17.8 Å². The molecule has 0 heteroatoms. The third kappa shape index (κ3) is 0.903. The molecule has 0 spiro atoms. The Balaban J connectivity index is 1.78. The molecule has 0 saturated heterocycles. The smallest absolute Gasteiger partial charge is 0.0130 e. The fourth-order valence-corrected chi connectivity index (χ4v) is 3.44. The van der Waals surface area contributed by atoms with Crippen LogP contribution in [0.5, 0.6) is 0 Å². The molecule has 0 N–H and O–H groups in total. The van der Waals surface area contributed by atoms with Crippen LogP contribution in [0.2, 0.25) is 0 Å². The van der Waals surface area contributed by atoms with E-state index in [-0.39, 0.29) is 0 Å². The van der Waals surface area contributed by atoms with E-state index in [1.807, 2.05) is 0 Å². The lowest BCUT2D eigenvalue weighted by atomic mass is 9.83. The van der Waals surface area contributed by atoms with E-state index in [9.17, 15) is 0 Å². The minimum absolute atomic E-state index is 0.985. The Bertz CT molecular complexity index is 247. The summed E-state index contributed by atoms with van der Waals surface area (Å²) in [6, 6.07) is 0. The molecule has 0 heterocycles. The lowest BCUT2D eigenvalue weighted by Crippen LogP contribution is -2.11. The van der Waals surface area contributed by atoms with Gasteiger partial charge >= 0.3 is 0 Å². The zero-order valence-corrected chi connectivity index (χ0v) is 7.50. The van der Waals surface area contributed by atoms with Crippen molar-refractivity contribution in [3.05, 3.63) is 23.8 Å². The molecule has 2 fully saturated rings. The zero-order valence-electron chi connectivity index (χ0n) is 7.50. The Kier molecular flexibility index (Phi) is 1.44. The van der Waals surface area contributed by atoms with E-state index >= 15 is 0 Å². The maximum absolute atomic E-state index is 2.37. The van der Waals surface area contributed by atoms with E-state index in [4.69, 9.17) is 0 Å². The van der Waals surface area contributed by atoms with E-state index in [0.29, 0.717) is 0 Å². The predicted octanol–water partition coefficient (Wildman–Crippen LogP) is 3.31. The molecule has 3 unspecified atom stereocenters. The van der Waals surface area contributed by atoms with Crippen LogP contribution < -0.4 is 0 Å². The maximum Gasteiger partial charge on any atom is -0.0130 e. The third-order valence-corrected chi connectivity index (χ3v) is 4.01. The van der Waals surface area contributed by atoms with Gasteiger partial charge in [-0.05, 0) is 43.4 Å². The molecule has 12 heavy (non-hydrogen) atoms. The molecule has 0 radical (unpaired) electrons. The van der Waals surface area contributed by atoms with Gasteiger partial charge in [0.05, 0.1) is 0 Å². The van der Waals surface area contributed by atoms with Gasteiger partial charge in [0.1, 0.15) is 0 Å². The molecule has 0 aliphatic heterocycles. The highest BCUT2D eigenvalue weighted by Crippen LogP contribution is 2.51. The summed E-state index contributed by atoms with van der Waals surface area (Å²) in [5, 5.41) is 0. The summed E-state index contributed by atoms with van der Waals surface area (Å²) in [6.45, 7) is 0. The van der Waals surface area contributed by atoms with E-state index in [2.05, 4.69) is 18.2 Å². The van der Waals surface area contributed by atoms with Crippen LogP contribution in [0.15, 0.2) is 23.8 Å². The van der Waals surface area contributed by atoms with Crippen molar-refractivity contribution < 1.29 is 0 Å². The summed E-state index contributed by atoms with van der Waals surface area (Å²) in [6.07, 6.45) is 14.3. The monoisotopic (exact) mass is 160 g/mol. The number of rotatable bonds is 1. The maximum atomic E-state index is 2.37. The van der Waals surface area contributed by atoms with Gasteiger partial charge in [0.25, 0.3) is 0 Å². The van der Waals surface area contributed by atoms with Gasteiger partial charge in [-0.25, -0.2) is 0 Å². The summed E-state index contributed by atoms with van der Waals surface area (Å²) in [5.74, 6) is 3.15. The predicted molar refractivity (Wildman–Crippen MR) is 50.8 cm³/mol. The molecule has 64 valence electrons. The Labute approximate surface area is 74.4 Å². The Morgan fingerprint density at radius 1 is 1.17 bits per heavy atom. The molecular weight excluding hydrogens is 144 g/mol. The molecule has 0 aromatic heterocycles. The fraction of sp³-hybridized carbons (Fsp3) is 0.667. The minimum atomic E-state index is 0.985. The first-order valence-electron chi connectivity index (χ1n) is 5.29. The van der Waals surface area contributed by atoms with Crippen molar-refractivity contribution in [3.63, 3.8) is 0 Å².